The molecule has 4 aromatic rings. The summed E-state index contributed by atoms with van der Waals surface area (Å²) in [5, 5.41) is 5.13. The summed E-state index contributed by atoms with van der Waals surface area (Å²) < 4.78 is 0. The second kappa shape index (κ2) is 12.2. The number of nitrogens with zero attached hydrogens (tertiary/aromatic N) is 2. The van der Waals surface area contributed by atoms with Gasteiger partial charge in [0.05, 0.1) is 5.69 Å². The average molecular weight is 560 g/mol. The number of hydrogen-bond acceptors (Lipinski definition) is 3. The van der Waals surface area contributed by atoms with Crippen molar-refractivity contribution in [1.82, 2.24) is 10.2 Å². The topological polar surface area (TPSA) is 69.7 Å². The molecule has 0 unspecified atom stereocenters. The Kier molecular flexibility index (Phi) is 8.04. The van der Waals surface area contributed by atoms with Crippen LogP contribution in [-0.4, -0.2) is 41.2 Å². The molecule has 0 radical (unpaired) electrons. The number of amides is 3. The van der Waals surface area contributed by atoms with Crippen LogP contribution < -0.4 is 10.2 Å². The van der Waals surface area contributed by atoms with Gasteiger partial charge in [-0.3, -0.25) is 19.3 Å². The summed E-state index contributed by atoms with van der Waals surface area (Å²) in [6.45, 7) is 2.16. The minimum absolute atomic E-state index is 0.119. The zero-order chi connectivity index (χ0) is 29.1. The Balaban J connectivity index is 1.34. The fourth-order valence-corrected chi connectivity index (χ4v) is 6.35. The molecule has 1 saturated carbocycles. The maximum absolute atomic E-state index is 14.4. The zero-order valence-electron chi connectivity index (χ0n) is 24.1. The molecular weight excluding hydrogens is 522 g/mol. The Labute approximate surface area is 247 Å². The van der Waals surface area contributed by atoms with Crippen molar-refractivity contribution >= 4 is 34.2 Å². The Morgan fingerprint density at radius 2 is 1.57 bits per heavy atom. The van der Waals surface area contributed by atoms with E-state index in [0.717, 1.165) is 58.8 Å². The molecular formula is C36H37N3O3. The number of rotatable bonds is 9. The Hall–Kier alpha value is -4.45. The van der Waals surface area contributed by atoms with Gasteiger partial charge in [-0.2, -0.15) is 0 Å². The van der Waals surface area contributed by atoms with E-state index in [1.54, 1.807) is 9.80 Å². The second-order valence-electron chi connectivity index (χ2n) is 11.6. The number of anilines is 1. The van der Waals surface area contributed by atoms with Crippen molar-refractivity contribution in [2.45, 2.75) is 64.1 Å². The molecule has 6 heteroatoms. The summed E-state index contributed by atoms with van der Waals surface area (Å²) in [5.74, 6) is -0.575. The monoisotopic (exact) mass is 559 g/mol. The summed E-state index contributed by atoms with van der Waals surface area (Å²) >= 11 is 0. The van der Waals surface area contributed by atoms with Gasteiger partial charge in [0.25, 0.3) is 5.91 Å². The Morgan fingerprint density at radius 3 is 2.31 bits per heavy atom. The summed E-state index contributed by atoms with van der Waals surface area (Å²) in [7, 11) is 0. The summed E-state index contributed by atoms with van der Waals surface area (Å²) in [5.41, 5.74) is 4.40. The van der Waals surface area contributed by atoms with Crippen LogP contribution in [0.25, 0.3) is 10.8 Å². The lowest BCUT2D eigenvalue weighted by molar-refractivity contribution is -0.140. The van der Waals surface area contributed by atoms with Crippen molar-refractivity contribution in [2.75, 3.05) is 11.4 Å². The molecule has 1 heterocycles. The first-order valence-corrected chi connectivity index (χ1v) is 15.0. The van der Waals surface area contributed by atoms with Crippen molar-refractivity contribution < 1.29 is 14.4 Å². The van der Waals surface area contributed by atoms with E-state index >= 15 is 0 Å². The summed E-state index contributed by atoms with van der Waals surface area (Å²) in [4.78, 5) is 45.2. The van der Waals surface area contributed by atoms with Crippen LogP contribution in [-0.2, 0) is 22.6 Å². The molecule has 3 amide bonds. The van der Waals surface area contributed by atoms with Gasteiger partial charge in [0.2, 0.25) is 11.8 Å². The molecule has 0 aromatic heterocycles. The van der Waals surface area contributed by atoms with Gasteiger partial charge >= 0.3 is 0 Å². The Bertz CT molecular complexity index is 1590. The molecule has 1 fully saturated rings. The fourth-order valence-electron chi connectivity index (χ4n) is 6.35. The zero-order valence-corrected chi connectivity index (χ0v) is 24.1. The van der Waals surface area contributed by atoms with Crippen LogP contribution in [0, 0.1) is 6.92 Å². The number of carbonyl (C=O) groups excluding carboxylic acids is 3. The molecule has 0 saturated heterocycles. The number of nitrogens with one attached hydrogen (secondary N) is 1. The van der Waals surface area contributed by atoms with Crippen LogP contribution in [0.5, 0.6) is 0 Å². The molecule has 0 bridgehead atoms. The van der Waals surface area contributed by atoms with Gasteiger partial charge in [0, 0.05) is 30.0 Å². The maximum atomic E-state index is 14.4. The molecule has 0 spiro atoms. The van der Waals surface area contributed by atoms with E-state index in [4.69, 9.17) is 0 Å². The standard InChI is InChI=1S/C36H37N3O3/c1-25-18-20-27(21-19-25)23-38(32(22-26-10-4-2-5-11-26)35(41)37-29-14-6-3-7-15-29)33(40)24-39-31-17-9-13-28-12-8-16-30(34(28)31)36(39)42/h2,4-5,8-13,16-21,29,32H,3,6-7,14-15,22-24H2,1H3,(H,37,41)/t32-/m1/s1. The normalized spacial score (nSPS) is 15.5. The highest BCUT2D eigenvalue weighted by atomic mass is 16.2. The SMILES string of the molecule is Cc1ccc(CN(C(=O)CN2C(=O)c3cccc4cccc2c34)[C@H](Cc2ccccc2)C(=O)NC2CCCCC2)cc1. The number of aryl methyl sites for hydroxylation is 1. The van der Waals surface area contributed by atoms with E-state index in [1.165, 1.54) is 6.42 Å². The molecule has 6 nitrogen and oxygen atoms in total. The predicted molar refractivity (Wildman–Crippen MR) is 166 cm³/mol. The van der Waals surface area contributed by atoms with Crippen molar-refractivity contribution in [3.63, 3.8) is 0 Å². The first-order valence-electron chi connectivity index (χ1n) is 15.0. The van der Waals surface area contributed by atoms with Crippen LogP contribution in [0.3, 0.4) is 0 Å². The second-order valence-corrected chi connectivity index (χ2v) is 11.6. The molecule has 4 aromatic carbocycles. The third-order valence-electron chi connectivity index (χ3n) is 8.64. The van der Waals surface area contributed by atoms with Crippen molar-refractivity contribution in [3.05, 3.63) is 113 Å². The highest BCUT2D eigenvalue weighted by Crippen LogP contribution is 2.37. The van der Waals surface area contributed by atoms with Gasteiger partial charge in [0.15, 0.2) is 0 Å². The minimum atomic E-state index is -0.723. The minimum Gasteiger partial charge on any atom is -0.352 e. The van der Waals surface area contributed by atoms with Crippen molar-refractivity contribution in [2.24, 2.45) is 0 Å². The average Bonchev–Trinajstić information content (AvgIpc) is 3.28. The lowest BCUT2D eigenvalue weighted by Gasteiger charge is -2.34. The Morgan fingerprint density at radius 1 is 0.857 bits per heavy atom. The molecule has 2 aliphatic rings. The molecule has 1 N–H and O–H groups in total. The van der Waals surface area contributed by atoms with E-state index in [2.05, 4.69) is 5.32 Å². The lowest BCUT2D eigenvalue weighted by atomic mass is 9.94. The van der Waals surface area contributed by atoms with Crippen LogP contribution in [0.1, 0.15) is 59.2 Å². The molecule has 1 aliphatic carbocycles. The van der Waals surface area contributed by atoms with Crippen LogP contribution in [0.4, 0.5) is 5.69 Å². The summed E-state index contributed by atoms with van der Waals surface area (Å²) in [6, 6.07) is 28.8. The van der Waals surface area contributed by atoms with E-state index < -0.39 is 6.04 Å². The van der Waals surface area contributed by atoms with E-state index in [-0.39, 0.29) is 36.9 Å². The maximum Gasteiger partial charge on any atom is 0.259 e. The van der Waals surface area contributed by atoms with Gasteiger partial charge < -0.3 is 10.2 Å². The predicted octanol–water partition coefficient (Wildman–Crippen LogP) is 6.20. The molecule has 214 valence electrons. The van der Waals surface area contributed by atoms with E-state index in [0.29, 0.717) is 12.0 Å². The third kappa shape index (κ3) is 5.80. The number of benzene rings is 4. The van der Waals surface area contributed by atoms with Crippen LogP contribution in [0.15, 0.2) is 91.0 Å². The molecule has 42 heavy (non-hydrogen) atoms. The highest BCUT2D eigenvalue weighted by molar-refractivity contribution is 6.26. The lowest BCUT2D eigenvalue weighted by Crippen LogP contribution is -2.54. The summed E-state index contributed by atoms with van der Waals surface area (Å²) in [6.07, 6.45) is 5.70. The van der Waals surface area contributed by atoms with Crippen molar-refractivity contribution in [1.29, 1.82) is 0 Å². The molecule has 1 atom stereocenters. The number of carbonyl (C=O) groups is 3. The molecule has 6 rings (SSSR count). The molecule has 1 aliphatic heterocycles. The van der Waals surface area contributed by atoms with E-state index in [9.17, 15) is 14.4 Å². The van der Waals surface area contributed by atoms with Crippen LogP contribution in [0.2, 0.25) is 0 Å². The first-order chi connectivity index (χ1) is 20.5. The van der Waals surface area contributed by atoms with Crippen molar-refractivity contribution in [3.8, 4) is 0 Å². The number of hydrogen-bond donors (Lipinski definition) is 1. The first kappa shape index (κ1) is 27.7. The quantitative estimate of drug-likeness (QED) is 0.266. The largest absolute Gasteiger partial charge is 0.352 e. The third-order valence-corrected chi connectivity index (χ3v) is 8.64. The van der Waals surface area contributed by atoms with Gasteiger partial charge in [-0.15, -0.1) is 0 Å². The van der Waals surface area contributed by atoms with Crippen LogP contribution >= 0.6 is 0 Å². The van der Waals surface area contributed by atoms with Gasteiger partial charge in [-0.05, 0) is 48.4 Å². The highest BCUT2D eigenvalue weighted by Gasteiger charge is 2.36. The van der Waals surface area contributed by atoms with E-state index in [1.807, 2.05) is 97.9 Å². The van der Waals surface area contributed by atoms with Gasteiger partial charge in [-0.25, -0.2) is 0 Å². The van der Waals surface area contributed by atoms with Gasteiger partial charge in [0.1, 0.15) is 12.6 Å². The smallest absolute Gasteiger partial charge is 0.259 e. The van der Waals surface area contributed by atoms with Gasteiger partial charge in [-0.1, -0.05) is 104 Å². The fraction of sp³-hybridized carbons (Fsp3) is 0.306.